The molecule has 0 N–H and O–H groups in total. The summed E-state index contributed by atoms with van der Waals surface area (Å²) in [4.78, 5) is 51.3. The van der Waals surface area contributed by atoms with E-state index < -0.39 is 22.4 Å². The Kier molecular flexibility index (Phi) is 4.29. The SMILES string of the molecule is CC(=O)c1cccc(N=C2c3cccc([N+](=O)[O-])c3C(=O)[C@H]2C(C)=O)c1. The predicted octanol–water partition coefficient (Wildman–Crippen LogP) is 3.32. The summed E-state index contributed by atoms with van der Waals surface area (Å²) in [6.07, 6.45) is 0. The number of carbonyl (C=O) groups excluding carboxylic acids is 3. The van der Waals surface area contributed by atoms with Crippen molar-refractivity contribution in [2.75, 3.05) is 0 Å². The predicted molar refractivity (Wildman–Crippen MR) is 94.2 cm³/mol. The van der Waals surface area contributed by atoms with Crippen LogP contribution < -0.4 is 0 Å². The van der Waals surface area contributed by atoms with Crippen molar-refractivity contribution in [2.45, 2.75) is 13.8 Å². The van der Waals surface area contributed by atoms with Gasteiger partial charge in [-0.25, -0.2) is 0 Å². The van der Waals surface area contributed by atoms with E-state index in [9.17, 15) is 24.5 Å². The smallest absolute Gasteiger partial charge is 0.280 e. The van der Waals surface area contributed by atoms with Crippen LogP contribution in [0, 0.1) is 16.0 Å². The fourth-order valence-electron chi connectivity index (χ4n) is 3.02. The van der Waals surface area contributed by atoms with Gasteiger partial charge in [-0.15, -0.1) is 0 Å². The van der Waals surface area contributed by atoms with Gasteiger partial charge in [0.1, 0.15) is 17.3 Å². The Morgan fingerprint density at radius 1 is 1.12 bits per heavy atom. The van der Waals surface area contributed by atoms with E-state index in [1.807, 2.05) is 0 Å². The van der Waals surface area contributed by atoms with Gasteiger partial charge in [0.05, 0.1) is 16.3 Å². The highest BCUT2D eigenvalue weighted by molar-refractivity contribution is 6.38. The third-order valence-electron chi connectivity index (χ3n) is 4.21. The average Bonchev–Trinajstić information content (AvgIpc) is 2.87. The van der Waals surface area contributed by atoms with Gasteiger partial charge in [0.15, 0.2) is 11.6 Å². The molecule has 1 aliphatic carbocycles. The van der Waals surface area contributed by atoms with Crippen LogP contribution in [0.25, 0.3) is 0 Å². The minimum atomic E-state index is -1.19. The molecule has 130 valence electrons. The molecule has 0 aliphatic heterocycles. The van der Waals surface area contributed by atoms with E-state index in [4.69, 9.17) is 0 Å². The normalized spacial score (nSPS) is 17.2. The van der Waals surface area contributed by atoms with Crippen molar-refractivity contribution in [3.8, 4) is 0 Å². The summed E-state index contributed by atoms with van der Waals surface area (Å²) < 4.78 is 0. The van der Waals surface area contributed by atoms with Crippen LogP contribution in [-0.4, -0.2) is 28.0 Å². The van der Waals surface area contributed by atoms with Crippen molar-refractivity contribution >= 4 is 34.4 Å². The second-order valence-electron chi connectivity index (χ2n) is 5.97. The summed E-state index contributed by atoms with van der Waals surface area (Å²) in [7, 11) is 0. The van der Waals surface area contributed by atoms with Crippen LogP contribution in [0.15, 0.2) is 47.5 Å². The Labute approximate surface area is 148 Å². The van der Waals surface area contributed by atoms with E-state index >= 15 is 0 Å². The molecular weight excluding hydrogens is 336 g/mol. The maximum atomic E-state index is 12.7. The summed E-state index contributed by atoms with van der Waals surface area (Å²) in [6, 6.07) is 10.7. The van der Waals surface area contributed by atoms with Gasteiger partial charge >= 0.3 is 0 Å². The Hall–Kier alpha value is -3.48. The van der Waals surface area contributed by atoms with E-state index in [0.717, 1.165) is 0 Å². The number of ketones is 3. The average molecular weight is 350 g/mol. The van der Waals surface area contributed by atoms with E-state index in [1.165, 1.54) is 32.0 Å². The van der Waals surface area contributed by atoms with Crippen molar-refractivity contribution in [2.24, 2.45) is 10.9 Å². The second kappa shape index (κ2) is 6.44. The fraction of sp³-hybridized carbons (Fsp3) is 0.158. The van der Waals surface area contributed by atoms with Gasteiger partial charge in [0, 0.05) is 17.2 Å². The number of rotatable bonds is 4. The maximum absolute atomic E-state index is 12.7. The van der Waals surface area contributed by atoms with Gasteiger partial charge in [-0.2, -0.15) is 0 Å². The highest BCUT2D eigenvalue weighted by Crippen LogP contribution is 2.35. The molecule has 0 unspecified atom stereocenters. The molecule has 0 spiro atoms. The summed E-state index contributed by atoms with van der Waals surface area (Å²) in [5.41, 5.74) is 0.834. The molecule has 1 atom stereocenters. The molecule has 0 bridgehead atoms. The zero-order chi connectivity index (χ0) is 19.0. The number of hydrogen-bond acceptors (Lipinski definition) is 6. The van der Waals surface area contributed by atoms with E-state index in [2.05, 4.69) is 4.99 Å². The van der Waals surface area contributed by atoms with Gasteiger partial charge in [-0.3, -0.25) is 29.5 Å². The second-order valence-corrected chi connectivity index (χ2v) is 5.97. The van der Waals surface area contributed by atoms with Gasteiger partial charge in [0.2, 0.25) is 0 Å². The molecule has 0 heterocycles. The molecular formula is C19H14N2O5. The van der Waals surface area contributed by atoms with Gasteiger partial charge in [0.25, 0.3) is 5.69 Å². The third-order valence-corrected chi connectivity index (χ3v) is 4.21. The molecule has 0 amide bonds. The molecule has 1 aliphatic rings. The molecule has 2 aromatic rings. The lowest BCUT2D eigenvalue weighted by atomic mass is 9.98. The number of aliphatic imine (C=N–C) groups is 1. The zero-order valence-electron chi connectivity index (χ0n) is 14.1. The van der Waals surface area contributed by atoms with Crippen LogP contribution in [0.5, 0.6) is 0 Å². The van der Waals surface area contributed by atoms with Gasteiger partial charge in [-0.05, 0) is 26.0 Å². The highest BCUT2D eigenvalue weighted by Gasteiger charge is 2.43. The highest BCUT2D eigenvalue weighted by atomic mass is 16.6. The van der Waals surface area contributed by atoms with Crippen LogP contribution in [0.3, 0.4) is 0 Å². The van der Waals surface area contributed by atoms with Crippen molar-refractivity contribution in [1.29, 1.82) is 0 Å². The Morgan fingerprint density at radius 3 is 2.42 bits per heavy atom. The number of hydrogen-bond donors (Lipinski definition) is 0. The number of benzene rings is 2. The lowest BCUT2D eigenvalue weighted by molar-refractivity contribution is -0.385. The summed E-state index contributed by atoms with van der Waals surface area (Å²) in [6.45, 7) is 2.67. The first kappa shape index (κ1) is 17.3. The summed E-state index contributed by atoms with van der Waals surface area (Å²) in [5, 5.41) is 11.3. The van der Waals surface area contributed by atoms with Crippen LogP contribution in [0.4, 0.5) is 11.4 Å². The summed E-state index contributed by atoms with van der Waals surface area (Å²) in [5.74, 6) is -2.40. The zero-order valence-corrected chi connectivity index (χ0v) is 14.1. The number of nitro benzene ring substituents is 1. The van der Waals surface area contributed by atoms with Crippen LogP contribution in [0.1, 0.15) is 40.1 Å². The van der Waals surface area contributed by atoms with E-state index in [1.54, 1.807) is 24.3 Å². The molecule has 0 saturated heterocycles. The first-order chi connectivity index (χ1) is 12.3. The molecule has 7 heteroatoms. The number of nitro groups is 1. The fourth-order valence-corrected chi connectivity index (χ4v) is 3.02. The number of carbonyl (C=O) groups is 3. The molecule has 2 aromatic carbocycles. The molecule has 7 nitrogen and oxygen atoms in total. The van der Waals surface area contributed by atoms with Crippen LogP contribution in [-0.2, 0) is 4.79 Å². The summed E-state index contributed by atoms with van der Waals surface area (Å²) >= 11 is 0. The molecule has 0 saturated carbocycles. The number of Topliss-reactive ketones (excluding diaryl/α,β-unsaturated/α-hetero) is 3. The van der Waals surface area contributed by atoms with Crippen molar-refractivity contribution < 1.29 is 19.3 Å². The van der Waals surface area contributed by atoms with Gasteiger partial charge in [-0.1, -0.05) is 24.3 Å². The molecule has 0 fully saturated rings. The quantitative estimate of drug-likeness (QED) is 0.364. The van der Waals surface area contributed by atoms with Crippen molar-refractivity contribution in [3.63, 3.8) is 0 Å². The van der Waals surface area contributed by atoms with Crippen molar-refractivity contribution in [1.82, 2.24) is 0 Å². The first-order valence-corrected chi connectivity index (χ1v) is 7.83. The topological polar surface area (TPSA) is 107 Å². The standard InChI is InChI=1S/C19H14N2O5/c1-10(22)12-5-3-6-13(9-12)20-18-14-7-4-8-15(21(25)26)17(14)19(24)16(18)11(2)23/h3-9,16H,1-2H3/t16-/m0/s1. The first-order valence-electron chi connectivity index (χ1n) is 7.83. The Bertz CT molecular complexity index is 1010. The number of fused-ring (bicyclic) bond motifs is 1. The molecule has 3 rings (SSSR count). The molecule has 0 radical (unpaired) electrons. The van der Waals surface area contributed by atoms with Gasteiger partial charge < -0.3 is 0 Å². The van der Waals surface area contributed by atoms with Crippen LogP contribution >= 0.6 is 0 Å². The van der Waals surface area contributed by atoms with E-state index in [-0.39, 0.29) is 28.3 Å². The number of nitrogens with zero attached hydrogens (tertiary/aromatic N) is 2. The third kappa shape index (κ3) is 2.83. The lowest BCUT2D eigenvalue weighted by Crippen LogP contribution is -2.23. The Morgan fingerprint density at radius 2 is 1.81 bits per heavy atom. The van der Waals surface area contributed by atoms with Crippen molar-refractivity contribution in [3.05, 3.63) is 69.3 Å². The minimum Gasteiger partial charge on any atom is -0.299 e. The lowest BCUT2D eigenvalue weighted by Gasteiger charge is -2.07. The van der Waals surface area contributed by atoms with E-state index in [0.29, 0.717) is 11.3 Å². The largest absolute Gasteiger partial charge is 0.299 e. The molecule has 0 aromatic heterocycles. The maximum Gasteiger partial charge on any atom is 0.280 e. The minimum absolute atomic E-state index is 0.0980. The Balaban J connectivity index is 2.23. The monoisotopic (exact) mass is 350 g/mol. The van der Waals surface area contributed by atoms with Crippen LogP contribution in [0.2, 0.25) is 0 Å². The molecule has 26 heavy (non-hydrogen) atoms.